The molecule has 1 saturated heterocycles. The number of carboxylic acid groups (broad SMARTS) is 2. The van der Waals surface area contributed by atoms with Gasteiger partial charge in [-0.3, -0.25) is 43.2 Å². The minimum atomic E-state index is -1.88. The van der Waals surface area contributed by atoms with Crippen molar-refractivity contribution in [3.8, 4) is 5.75 Å². The van der Waals surface area contributed by atoms with Crippen LogP contribution >= 0.6 is 0 Å². The number of rotatable bonds is 19. The molecule has 261 valence electrons. The van der Waals surface area contributed by atoms with Crippen molar-refractivity contribution in [3.63, 3.8) is 0 Å². The van der Waals surface area contributed by atoms with Crippen LogP contribution in [-0.2, 0) is 49.6 Å². The third-order valence-corrected chi connectivity index (χ3v) is 7.01. The lowest BCUT2D eigenvalue weighted by Gasteiger charge is -2.27. The van der Waals surface area contributed by atoms with Gasteiger partial charge in [-0.2, -0.15) is 0 Å². The lowest BCUT2D eigenvalue weighted by Crippen LogP contribution is -2.60. The Bertz CT molecular complexity index is 1380. The van der Waals surface area contributed by atoms with Crippen molar-refractivity contribution >= 4 is 53.7 Å². The molecule has 1 heterocycles. The average Bonchev–Trinajstić information content (AvgIpc) is 3.46. The third kappa shape index (κ3) is 12.7. The first kappa shape index (κ1) is 38.6. The van der Waals surface area contributed by atoms with Crippen LogP contribution in [0.1, 0.15) is 44.6 Å². The number of benzene rings is 1. The molecule has 48 heavy (non-hydrogen) atoms. The molecule has 19 heteroatoms. The summed E-state index contributed by atoms with van der Waals surface area (Å²) in [5.41, 5.74) is 0.371. The van der Waals surface area contributed by atoms with Crippen molar-refractivity contribution < 1.29 is 63.6 Å². The molecular weight excluding hydrogens is 640 g/mol. The first-order valence-corrected chi connectivity index (χ1v) is 14.6. The van der Waals surface area contributed by atoms with Gasteiger partial charge in [-0.25, -0.2) is 0 Å². The summed E-state index contributed by atoms with van der Waals surface area (Å²) in [6.07, 6.45) is -2.31. The second-order valence-corrected chi connectivity index (χ2v) is 10.8. The van der Waals surface area contributed by atoms with Crippen LogP contribution in [0.3, 0.4) is 0 Å². The predicted molar refractivity (Wildman–Crippen MR) is 160 cm³/mol. The van der Waals surface area contributed by atoms with Gasteiger partial charge in [-0.05, 0) is 37.5 Å². The fraction of sp³-hybridized carbons (Fsp3) is 0.483. The van der Waals surface area contributed by atoms with E-state index in [9.17, 15) is 58.5 Å². The molecule has 0 bridgehead atoms. The number of aliphatic hydroxyl groups is 1. The van der Waals surface area contributed by atoms with Crippen LogP contribution < -0.4 is 31.9 Å². The largest absolute Gasteiger partial charge is 0.508 e. The van der Waals surface area contributed by atoms with Gasteiger partial charge in [0.15, 0.2) is 0 Å². The molecule has 1 aliphatic rings. The zero-order valence-electron chi connectivity index (χ0n) is 25.7. The summed E-state index contributed by atoms with van der Waals surface area (Å²) < 4.78 is 0. The summed E-state index contributed by atoms with van der Waals surface area (Å²) in [7, 11) is 0. The monoisotopic (exact) mass is 677 g/mol. The number of aliphatic hydroxyl groups excluding tert-OH is 1. The average molecular weight is 678 g/mol. The molecule has 1 aliphatic heterocycles. The Balaban J connectivity index is 2.32. The van der Waals surface area contributed by atoms with E-state index in [0.29, 0.717) is 5.56 Å². The van der Waals surface area contributed by atoms with Crippen LogP contribution in [-0.4, -0.2) is 117 Å². The standard InChI is InChI=1S/C29H37N6O13/c1-14(37)24(29(48)30-10-11-36)35-28(47)19(12-15-2-4-16(38)5-3-15)33-27(46)20(13-23(42)43)34-26(45)18(7-9-22(40)41)32-25(44)17-6-8-21(39)31-17/h2-5,14,17-20,24,37-38H,6-10,12-13H2,1H3,(H,30,48)(H,31,39)(H,32,44)(H,33,46)(H,34,45)(H,35,47)(H,40,41)(H,42,43)/t14-,17+,18+,19+,20+,24+/m1/s1. The number of carbonyl (C=O) groups is 8. The van der Waals surface area contributed by atoms with E-state index in [1.165, 1.54) is 37.5 Å². The van der Waals surface area contributed by atoms with Crippen molar-refractivity contribution in [2.75, 3.05) is 6.54 Å². The van der Waals surface area contributed by atoms with Gasteiger partial charge in [0.25, 0.3) is 0 Å². The summed E-state index contributed by atoms with van der Waals surface area (Å²) in [6.45, 7) is 0.618. The zero-order valence-corrected chi connectivity index (χ0v) is 25.7. The van der Waals surface area contributed by atoms with E-state index >= 15 is 0 Å². The number of amides is 6. The molecule has 19 nitrogen and oxygen atoms in total. The Hall–Kier alpha value is -5.59. The van der Waals surface area contributed by atoms with Gasteiger partial charge >= 0.3 is 11.9 Å². The number of aliphatic carboxylic acids is 2. The normalized spacial score (nSPS) is 16.9. The molecular formula is C29H37N6O13. The number of phenolic OH excluding ortho intramolecular Hbond substituents is 1. The Labute approximate surface area is 273 Å². The van der Waals surface area contributed by atoms with Gasteiger partial charge in [0.05, 0.1) is 19.1 Å². The lowest BCUT2D eigenvalue weighted by atomic mass is 10.0. The van der Waals surface area contributed by atoms with Crippen molar-refractivity contribution in [1.29, 1.82) is 0 Å². The number of carboxylic acids is 2. The Morgan fingerprint density at radius 1 is 0.875 bits per heavy atom. The molecule has 0 spiro atoms. The summed E-state index contributed by atoms with van der Waals surface area (Å²) in [6, 6.07) is -2.26. The first-order valence-electron chi connectivity index (χ1n) is 14.6. The minimum Gasteiger partial charge on any atom is -0.508 e. The van der Waals surface area contributed by atoms with Crippen LogP contribution in [0.2, 0.25) is 0 Å². The molecule has 1 aromatic carbocycles. The van der Waals surface area contributed by atoms with E-state index in [-0.39, 0.29) is 25.0 Å². The number of aromatic hydroxyl groups is 1. The number of phenols is 1. The molecule has 6 atom stereocenters. The maximum Gasteiger partial charge on any atom is 0.305 e. The van der Waals surface area contributed by atoms with Crippen LogP contribution in [0, 0.1) is 0 Å². The highest BCUT2D eigenvalue weighted by Crippen LogP contribution is 2.13. The highest BCUT2D eigenvalue weighted by molar-refractivity contribution is 5.98. The van der Waals surface area contributed by atoms with E-state index in [1.807, 2.05) is 0 Å². The quantitative estimate of drug-likeness (QED) is 0.0670. The maximum absolute atomic E-state index is 13.4. The fourth-order valence-electron chi connectivity index (χ4n) is 4.52. The summed E-state index contributed by atoms with van der Waals surface area (Å²) >= 11 is 0. The summed E-state index contributed by atoms with van der Waals surface area (Å²) in [4.78, 5) is 110. The van der Waals surface area contributed by atoms with Crippen LogP contribution in [0.5, 0.6) is 5.75 Å². The van der Waals surface area contributed by atoms with E-state index in [1.54, 1.807) is 0 Å². The number of carbonyl (C=O) groups excluding carboxylic acids is 7. The molecule has 0 aliphatic carbocycles. The SMILES string of the molecule is C[C@@H](O)[C@H](NC(=O)[C@H](Cc1ccc(O)cc1)NC(=O)[C@H](CC(=O)O)NC(=O)[C@H](CCC(=O)O)NC(=O)[C@@H]1CCC(=O)N1)C(=O)NC[C]=O. The Morgan fingerprint density at radius 3 is 2.02 bits per heavy atom. The van der Waals surface area contributed by atoms with E-state index in [0.717, 1.165) is 0 Å². The second kappa shape index (κ2) is 18.5. The fourth-order valence-corrected chi connectivity index (χ4v) is 4.52. The smallest absolute Gasteiger partial charge is 0.305 e. The number of nitrogens with one attached hydrogen (secondary N) is 6. The number of hydrogen-bond acceptors (Lipinski definition) is 11. The van der Waals surface area contributed by atoms with E-state index < -0.39 is 110 Å². The van der Waals surface area contributed by atoms with Gasteiger partial charge in [0, 0.05) is 19.3 Å². The van der Waals surface area contributed by atoms with Crippen LogP contribution in [0.25, 0.3) is 0 Å². The summed E-state index contributed by atoms with van der Waals surface area (Å²) in [5, 5.41) is 51.8. The van der Waals surface area contributed by atoms with Crippen molar-refractivity contribution in [2.24, 2.45) is 0 Å². The minimum absolute atomic E-state index is 0.0454. The second-order valence-electron chi connectivity index (χ2n) is 10.8. The van der Waals surface area contributed by atoms with Crippen molar-refractivity contribution in [3.05, 3.63) is 29.8 Å². The van der Waals surface area contributed by atoms with Gasteiger partial charge in [0.1, 0.15) is 36.0 Å². The molecule has 2 rings (SSSR count). The van der Waals surface area contributed by atoms with Gasteiger partial charge < -0.3 is 52.3 Å². The van der Waals surface area contributed by atoms with Crippen molar-refractivity contribution in [2.45, 2.75) is 81.8 Å². The molecule has 1 radical (unpaired) electrons. The lowest BCUT2D eigenvalue weighted by molar-refractivity contribution is -0.141. The topological polar surface area (TPSA) is 307 Å². The molecule has 1 aromatic rings. The Morgan fingerprint density at radius 2 is 1.48 bits per heavy atom. The molecule has 6 amide bonds. The molecule has 0 saturated carbocycles. The van der Waals surface area contributed by atoms with E-state index in [4.69, 9.17) is 5.11 Å². The van der Waals surface area contributed by atoms with Crippen molar-refractivity contribution in [1.82, 2.24) is 31.9 Å². The molecule has 1 fully saturated rings. The highest BCUT2D eigenvalue weighted by Gasteiger charge is 2.35. The van der Waals surface area contributed by atoms with E-state index in [2.05, 4.69) is 31.9 Å². The van der Waals surface area contributed by atoms with Crippen LogP contribution in [0.15, 0.2) is 24.3 Å². The highest BCUT2D eigenvalue weighted by atomic mass is 16.4. The van der Waals surface area contributed by atoms with Gasteiger partial charge in [0.2, 0.25) is 41.7 Å². The van der Waals surface area contributed by atoms with Gasteiger partial charge in [-0.1, -0.05) is 12.1 Å². The number of hydrogen-bond donors (Lipinski definition) is 10. The molecule has 10 N–H and O–H groups in total. The zero-order chi connectivity index (χ0) is 36.0. The van der Waals surface area contributed by atoms with Gasteiger partial charge in [-0.15, -0.1) is 0 Å². The first-order chi connectivity index (χ1) is 22.6. The van der Waals surface area contributed by atoms with Crippen LogP contribution in [0.4, 0.5) is 0 Å². The third-order valence-electron chi connectivity index (χ3n) is 7.01. The predicted octanol–water partition coefficient (Wildman–Crippen LogP) is -3.90. The summed E-state index contributed by atoms with van der Waals surface area (Å²) in [5.74, 6) is -8.56. The maximum atomic E-state index is 13.4. The molecule has 0 aromatic heterocycles. The molecule has 0 unspecified atom stereocenters. The Kier molecular flexibility index (Phi) is 14.9.